The molecule has 7 heteroatoms. The van der Waals surface area contributed by atoms with Gasteiger partial charge in [-0.05, 0) is 5.92 Å². The quantitative estimate of drug-likeness (QED) is 0.700. The van der Waals surface area contributed by atoms with E-state index in [1.165, 1.54) is 13.3 Å². The fourth-order valence-electron chi connectivity index (χ4n) is 2.21. The van der Waals surface area contributed by atoms with Crippen LogP contribution in [0.4, 0.5) is 0 Å². The van der Waals surface area contributed by atoms with Crippen LogP contribution in [0.15, 0.2) is 11.0 Å². The van der Waals surface area contributed by atoms with Crippen LogP contribution in [0.25, 0.3) is 0 Å². The summed E-state index contributed by atoms with van der Waals surface area (Å²) < 4.78 is 4.70. The van der Waals surface area contributed by atoms with Gasteiger partial charge in [-0.2, -0.15) is 0 Å². The molecular formula is C11H15N3O4. The summed E-state index contributed by atoms with van der Waals surface area (Å²) in [6, 6.07) is 0. The second-order valence-electron chi connectivity index (χ2n) is 4.47. The number of amides is 1. The van der Waals surface area contributed by atoms with Crippen LogP contribution in [0.5, 0.6) is 0 Å². The molecule has 0 bridgehead atoms. The molecule has 1 aliphatic rings. The lowest BCUT2D eigenvalue weighted by Crippen LogP contribution is -2.30. The third-order valence-corrected chi connectivity index (χ3v) is 3.23. The molecule has 2 atom stereocenters. The first-order chi connectivity index (χ1) is 8.52. The average molecular weight is 253 g/mol. The number of aromatic nitrogens is 2. The van der Waals surface area contributed by atoms with E-state index in [9.17, 15) is 14.4 Å². The minimum absolute atomic E-state index is 0.0482. The summed E-state index contributed by atoms with van der Waals surface area (Å²) in [5.41, 5.74) is -0.215. The van der Waals surface area contributed by atoms with E-state index in [0.29, 0.717) is 13.1 Å². The van der Waals surface area contributed by atoms with Gasteiger partial charge in [-0.15, -0.1) is 0 Å². The Labute approximate surface area is 103 Å². The van der Waals surface area contributed by atoms with E-state index in [2.05, 4.69) is 9.97 Å². The molecule has 1 aromatic heterocycles. The van der Waals surface area contributed by atoms with Crippen molar-refractivity contribution in [1.29, 1.82) is 0 Å². The zero-order valence-corrected chi connectivity index (χ0v) is 10.2. The van der Waals surface area contributed by atoms with Crippen LogP contribution in [0, 0.1) is 11.8 Å². The van der Waals surface area contributed by atoms with E-state index in [-0.39, 0.29) is 29.4 Å². The molecule has 18 heavy (non-hydrogen) atoms. The third kappa shape index (κ3) is 2.15. The van der Waals surface area contributed by atoms with Crippen LogP contribution in [0.3, 0.4) is 0 Å². The van der Waals surface area contributed by atoms with E-state index in [4.69, 9.17) is 4.74 Å². The topological polar surface area (TPSA) is 95.3 Å². The monoisotopic (exact) mass is 253 g/mol. The van der Waals surface area contributed by atoms with E-state index < -0.39 is 5.69 Å². The molecule has 0 aliphatic carbocycles. The maximum Gasteiger partial charge on any atom is 0.323 e. The van der Waals surface area contributed by atoms with Crippen LogP contribution >= 0.6 is 0 Å². The van der Waals surface area contributed by atoms with Gasteiger partial charge < -0.3 is 19.6 Å². The van der Waals surface area contributed by atoms with Gasteiger partial charge in [0.2, 0.25) is 0 Å². The van der Waals surface area contributed by atoms with Crippen molar-refractivity contribution in [1.82, 2.24) is 14.9 Å². The minimum Gasteiger partial charge on any atom is -0.469 e. The third-order valence-electron chi connectivity index (χ3n) is 3.23. The number of likely N-dealkylation sites (tertiary alicyclic amines) is 1. The Kier molecular flexibility index (Phi) is 3.22. The number of esters is 1. The number of imidazole rings is 1. The first kappa shape index (κ1) is 12.4. The zero-order valence-electron chi connectivity index (χ0n) is 10.2. The van der Waals surface area contributed by atoms with Gasteiger partial charge in [0.15, 0.2) is 0 Å². The molecule has 1 aromatic rings. The van der Waals surface area contributed by atoms with Gasteiger partial charge in [0.1, 0.15) is 5.69 Å². The normalized spacial score (nSPS) is 23.1. The Morgan fingerprint density at radius 2 is 2.17 bits per heavy atom. The van der Waals surface area contributed by atoms with E-state index in [1.54, 1.807) is 4.90 Å². The van der Waals surface area contributed by atoms with Gasteiger partial charge in [-0.1, -0.05) is 6.92 Å². The number of hydrogen-bond acceptors (Lipinski definition) is 4. The lowest BCUT2D eigenvalue weighted by Gasteiger charge is -2.14. The Morgan fingerprint density at radius 1 is 1.44 bits per heavy atom. The number of nitrogens with one attached hydrogen (secondary N) is 2. The van der Waals surface area contributed by atoms with E-state index in [0.717, 1.165) is 0 Å². The number of aromatic amines is 2. The molecule has 0 aromatic carbocycles. The van der Waals surface area contributed by atoms with Crippen molar-refractivity contribution in [3.8, 4) is 0 Å². The van der Waals surface area contributed by atoms with Crippen molar-refractivity contribution in [2.24, 2.45) is 11.8 Å². The molecule has 0 saturated carbocycles. The summed E-state index contributed by atoms with van der Waals surface area (Å²) in [5.74, 6) is -0.844. The maximum absolute atomic E-state index is 12.0. The fourth-order valence-corrected chi connectivity index (χ4v) is 2.21. The van der Waals surface area contributed by atoms with E-state index >= 15 is 0 Å². The van der Waals surface area contributed by atoms with Crippen LogP contribution in [0.1, 0.15) is 17.4 Å². The van der Waals surface area contributed by atoms with Gasteiger partial charge in [0.25, 0.3) is 5.91 Å². The second kappa shape index (κ2) is 4.67. The molecular weight excluding hydrogens is 238 g/mol. The molecule has 0 spiro atoms. The van der Waals surface area contributed by atoms with Crippen molar-refractivity contribution in [2.45, 2.75) is 6.92 Å². The highest BCUT2D eigenvalue weighted by Gasteiger charge is 2.38. The standard InChI is InChI=1S/C11H15N3O4/c1-6-4-14(5-7(6)10(16)18-2)9(15)8-3-12-11(17)13-8/h3,6-7H,4-5H2,1-2H3,(H2,12,13,17). The summed E-state index contributed by atoms with van der Waals surface area (Å²) in [7, 11) is 1.34. The molecule has 7 nitrogen and oxygen atoms in total. The van der Waals surface area contributed by atoms with Gasteiger partial charge >= 0.3 is 11.7 Å². The zero-order chi connectivity index (χ0) is 13.3. The molecule has 2 unspecified atom stereocenters. The SMILES string of the molecule is COC(=O)C1CN(C(=O)c2c[nH]c(=O)[nH]2)CC1C. The summed E-state index contributed by atoms with van der Waals surface area (Å²) in [4.78, 5) is 40.8. The summed E-state index contributed by atoms with van der Waals surface area (Å²) in [5, 5.41) is 0. The number of carbonyl (C=O) groups is 2. The van der Waals surface area contributed by atoms with Crippen LogP contribution in [-0.2, 0) is 9.53 Å². The molecule has 2 heterocycles. The number of methoxy groups -OCH3 is 1. The average Bonchev–Trinajstić information content (AvgIpc) is 2.94. The number of rotatable bonds is 2. The van der Waals surface area contributed by atoms with Crippen molar-refractivity contribution in [3.63, 3.8) is 0 Å². The van der Waals surface area contributed by atoms with Crippen LogP contribution in [-0.4, -0.2) is 46.9 Å². The fraction of sp³-hybridized carbons (Fsp3) is 0.545. The molecule has 1 amide bonds. The van der Waals surface area contributed by atoms with Crippen molar-refractivity contribution in [2.75, 3.05) is 20.2 Å². The molecule has 2 rings (SSSR count). The predicted molar refractivity (Wildman–Crippen MR) is 62.0 cm³/mol. The number of nitrogens with zero attached hydrogens (tertiary/aromatic N) is 1. The lowest BCUT2D eigenvalue weighted by atomic mass is 9.99. The van der Waals surface area contributed by atoms with Crippen molar-refractivity contribution < 1.29 is 14.3 Å². The van der Waals surface area contributed by atoms with Crippen LogP contribution < -0.4 is 5.69 Å². The number of hydrogen-bond donors (Lipinski definition) is 2. The molecule has 1 aliphatic heterocycles. The van der Waals surface area contributed by atoms with Gasteiger partial charge in [0, 0.05) is 19.3 Å². The molecule has 98 valence electrons. The Morgan fingerprint density at radius 3 is 2.72 bits per heavy atom. The number of H-pyrrole nitrogens is 2. The molecule has 0 radical (unpaired) electrons. The summed E-state index contributed by atoms with van der Waals surface area (Å²) >= 11 is 0. The number of carbonyl (C=O) groups excluding carboxylic acids is 2. The number of ether oxygens (including phenoxy) is 1. The van der Waals surface area contributed by atoms with Gasteiger partial charge in [0.05, 0.1) is 13.0 Å². The minimum atomic E-state index is -0.421. The Balaban J connectivity index is 2.10. The summed E-state index contributed by atoms with van der Waals surface area (Å²) in [6.07, 6.45) is 1.33. The highest BCUT2D eigenvalue weighted by Crippen LogP contribution is 2.24. The largest absolute Gasteiger partial charge is 0.469 e. The first-order valence-electron chi connectivity index (χ1n) is 5.67. The maximum atomic E-state index is 12.0. The molecule has 1 fully saturated rings. The molecule has 2 N–H and O–H groups in total. The second-order valence-corrected chi connectivity index (χ2v) is 4.47. The van der Waals surface area contributed by atoms with Crippen LogP contribution in [0.2, 0.25) is 0 Å². The Bertz CT molecular complexity index is 518. The first-order valence-corrected chi connectivity index (χ1v) is 5.67. The van der Waals surface area contributed by atoms with Gasteiger partial charge in [-0.3, -0.25) is 9.59 Å². The van der Waals surface area contributed by atoms with Crippen molar-refractivity contribution in [3.05, 3.63) is 22.4 Å². The predicted octanol–water partition coefficient (Wildman–Crippen LogP) is -0.416. The lowest BCUT2D eigenvalue weighted by molar-refractivity contribution is -0.146. The highest BCUT2D eigenvalue weighted by molar-refractivity contribution is 5.92. The summed E-state index contributed by atoms with van der Waals surface area (Å²) in [6.45, 7) is 2.69. The highest BCUT2D eigenvalue weighted by atomic mass is 16.5. The van der Waals surface area contributed by atoms with Gasteiger partial charge in [-0.25, -0.2) is 4.79 Å². The molecule has 1 saturated heterocycles. The van der Waals surface area contributed by atoms with E-state index in [1.807, 2.05) is 6.92 Å². The van der Waals surface area contributed by atoms with Crippen molar-refractivity contribution >= 4 is 11.9 Å². The Hall–Kier alpha value is -2.05. The smallest absolute Gasteiger partial charge is 0.323 e.